The van der Waals surface area contributed by atoms with Gasteiger partial charge in [-0.3, -0.25) is 9.59 Å². The molecule has 1 aliphatic rings. The molecule has 112 valence electrons. The molecule has 6 heteroatoms. The van der Waals surface area contributed by atoms with Gasteiger partial charge in [0.05, 0.1) is 6.04 Å². The second-order valence-corrected chi connectivity index (χ2v) is 4.80. The minimum atomic E-state index is -1.06. The topological polar surface area (TPSA) is 102 Å². The van der Waals surface area contributed by atoms with Crippen LogP contribution in [-0.4, -0.2) is 42.3 Å². The van der Waals surface area contributed by atoms with E-state index in [1.54, 1.807) is 0 Å². The lowest BCUT2D eigenvalue weighted by atomic mass is 9.99. The number of carbonyl (C=O) groups is 2. The van der Waals surface area contributed by atoms with Crippen LogP contribution < -0.4 is 11.1 Å². The number of amides is 1. The third kappa shape index (κ3) is 7.79. The zero-order valence-corrected chi connectivity index (χ0v) is 12.0. The molecule has 0 radical (unpaired) electrons. The van der Waals surface area contributed by atoms with E-state index in [0.717, 1.165) is 19.6 Å². The number of carboxylic acids is 1. The van der Waals surface area contributed by atoms with Crippen LogP contribution in [0.15, 0.2) is 0 Å². The smallest absolute Gasteiger partial charge is 0.325 e. The van der Waals surface area contributed by atoms with Gasteiger partial charge >= 0.3 is 5.97 Å². The van der Waals surface area contributed by atoms with E-state index in [1.807, 2.05) is 13.8 Å². The standard InChI is InChI=1S/C9H18N2O3.C4H8O/c1-4-5(2)7(10)8(12)11-6(3)9(13)14;1-2-4-5-3-1/h5-7H,4,10H2,1-3H3,(H,11,12)(H,13,14);1-4H2. The van der Waals surface area contributed by atoms with Crippen molar-refractivity contribution in [3.8, 4) is 0 Å². The van der Waals surface area contributed by atoms with Crippen LogP contribution in [0.1, 0.15) is 40.0 Å². The van der Waals surface area contributed by atoms with E-state index >= 15 is 0 Å². The Balaban J connectivity index is 0.000000532. The minimum Gasteiger partial charge on any atom is -0.480 e. The van der Waals surface area contributed by atoms with E-state index in [1.165, 1.54) is 19.8 Å². The maximum atomic E-state index is 11.4. The lowest BCUT2D eigenvalue weighted by Gasteiger charge is -2.19. The van der Waals surface area contributed by atoms with Gasteiger partial charge in [-0.2, -0.15) is 0 Å². The molecule has 1 fully saturated rings. The molecule has 0 bridgehead atoms. The van der Waals surface area contributed by atoms with Crippen molar-refractivity contribution < 1.29 is 19.4 Å². The predicted octanol–water partition coefficient (Wildman–Crippen LogP) is 0.746. The number of carboxylic acid groups (broad SMARTS) is 1. The first kappa shape index (κ1) is 17.9. The van der Waals surface area contributed by atoms with Crippen LogP contribution in [0.4, 0.5) is 0 Å². The molecule has 0 aliphatic carbocycles. The van der Waals surface area contributed by atoms with Gasteiger partial charge in [0.1, 0.15) is 6.04 Å². The van der Waals surface area contributed by atoms with E-state index in [4.69, 9.17) is 15.6 Å². The molecule has 1 amide bonds. The number of hydrogen-bond acceptors (Lipinski definition) is 4. The molecule has 0 aromatic rings. The molecule has 3 unspecified atom stereocenters. The second-order valence-electron chi connectivity index (χ2n) is 4.80. The van der Waals surface area contributed by atoms with Gasteiger partial charge < -0.3 is 20.9 Å². The Morgan fingerprint density at radius 1 is 1.32 bits per heavy atom. The number of rotatable bonds is 5. The zero-order valence-electron chi connectivity index (χ0n) is 12.0. The number of aliphatic carboxylic acids is 1. The third-order valence-corrected chi connectivity index (χ3v) is 3.12. The highest BCUT2D eigenvalue weighted by atomic mass is 16.5. The van der Waals surface area contributed by atoms with Gasteiger partial charge in [0, 0.05) is 13.2 Å². The predicted molar refractivity (Wildman–Crippen MR) is 72.7 cm³/mol. The van der Waals surface area contributed by atoms with Crippen LogP contribution in [0.3, 0.4) is 0 Å². The van der Waals surface area contributed by atoms with Crippen LogP contribution in [0.5, 0.6) is 0 Å². The minimum absolute atomic E-state index is 0.0518. The molecule has 4 N–H and O–H groups in total. The van der Waals surface area contributed by atoms with E-state index in [9.17, 15) is 9.59 Å². The van der Waals surface area contributed by atoms with Gasteiger partial charge in [-0.1, -0.05) is 20.3 Å². The Bertz CT molecular complexity index is 272. The highest BCUT2D eigenvalue weighted by molar-refractivity contribution is 5.86. The molecular formula is C13H26N2O4. The second kappa shape index (κ2) is 9.75. The lowest BCUT2D eigenvalue weighted by Crippen LogP contribution is -2.49. The van der Waals surface area contributed by atoms with Gasteiger partial charge in [-0.15, -0.1) is 0 Å². The highest BCUT2D eigenvalue weighted by Crippen LogP contribution is 2.05. The average molecular weight is 274 g/mol. The summed E-state index contributed by atoms with van der Waals surface area (Å²) in [5.41, 5.74) is 5.61. The normalized spacial score (nSPS) is 18.7. The first-order valence-electron chi connectivity index (χ1n) is 6.76. The quantitative estimate of drug-likeness (QED) is 0.686. The van der Waals surface area contributed by atoms with Gasteiger partial charge in [-0.25, -0.2) is 0 Å². The fraction of sp³-hybridized carbons (Fsp3) is 0.846. The molecule has 19 heavy (non-hydrogen) atoms. The average Bonchev–Trinajstić information content (AvgIpc) is 2.95. The van der Waals surface area contributed by atoms with Crippen LogP contribution in [0, 0.1) is 5.92 Å². The van der Waals surface area contributed by atoms with Crippen molar-refractivity contribution in [1.82, 2.24) is 5.32 Å². The number of nitrogens with one attached hydrogen (secondary N) is 1. The Morgan fingerprint density at radius 3 is 2.16 bits per heavy atom. The SMILES string of the molecule is C1CCOC1.CCC(C)C(N)C(=O)NC(C)C(=O)O. The molecule has 0 aromatic carbocycles. The molecule has 0 saturated carbocycles. The highest BCUT2D eigenvalue weighted by Gasteiger charge is 2.22. The molecule has 1 aliphatic heterocycles. The summed E-state index contributed by atoms with van der Waals surface area (Å²) in [5, 5.41) is 10.9. The molecule has 1 saturated heterocycles. The van der Waals surface area contributed by atoms with Crippen LogP contribution >= 0.6 is 0 Å². The molecule has 6 nitrogen and oxygen atoms in total. The summed E-state index contributed by atoms with van der Waals surface area (Å²) < 4.78 is 4.94. The molecule has 0 aromatic heterocycles. The summed E-state index contributed by atoms with van der Waals surface area (Å²) in [6, 6.07) is -1.53. The summed E-state index contributed by atoms with van der Waals surface area (Å²) >= 11 is 0. The van der Waals surface area contributed by atoms with E-state index in [0.29, 0.717) is 0 Å². The number of carbonyl (C=O) groups excluding carboxylic acids is 1. The van der Waals surface area contributed by atoms with Crippen LogP contribution in [0.2, 0.25) is 0 Å². The summed E-state index contributed by atoms with van der Waals surface area (Å²) in [6.07, 6.45) is 3.34. The van der Waals surface area contributed by atoms with Gasteiger partial charge in [0.2, 0.25) is 5.91 Å². The molecule has 0 spiro atoms. The van der Waals surface area contributed by atoms with E-state index in [2.05, 4.69) is 5.32 Å². The molecule has 1 heterocycles. The van der Waals surface area contributed by atoms with Crippen molar-refractivity contribution in [2.75, 3.05) is 13.2 Å². The first-order chi connectivity index (χ1) is 8.90. The summed E-state index contributed by atoms with van der Waals surface area (Å²) in [4.78, 5) is 21.8. The first-order valence-corrected chi connectivity index (χ1v) is 6.76. The molecule has 1 rings (SSSR count). The monoisotopic (exact) mass is 274 g/mol. The van der Waals surface area contributed by atoms with Crippen molar-refractivity contribution in [1.29, 1.82) is 0 Å². The van der Waals surface area contributed by atoms with Crippen molar-refractivity contribution in [3.63, 3.8) is 0 Å². The molecule has 3 atom stereocenters. The van der Waals surface area contributed by atoms with Crippen LogP contribution in [-0.2, 0) is 14.3 Å². The Labute approximate surface area is 114 Å². The fourth-order valence-electron chi connectivity index (χ4n) is 1.39. The summed E-state index contributed by atoms with van der Waals surface area (Å²) in [5.74, 6) is -1.42. The summed E-state index contributed by atoms with van der Waals surface area (Å²) in [7, 11) is 0. The van der Waals surface area contributed by atoms with Crippen molar-refractivity contribution in [2.45, 2.75) is 52.1 Å². The van der Waals surface area contributed by atoms with Crippen LogP contribution in [0.25, 0.3) is 0 Å². The van der Waals surface area contributed by atoms with Crippen molar-refractivity contribution >= 4 is 11.9 Å². The van der Waals surface area contributed by atoms with Gasteiger partial charge in [0.25, 0.3) is 0 Å². The van der Waals surface area contributed by atoms with Crippen molar-refractivity contribution in [2.24, 2.45) is 11.7 Å². The number of hydrogen-bond donors (Lipinski definition) is 3. The van der Waals surface area contributed by atoms with Gasteiger partial charge in [0.15, 0.2) is 0 Å². The maximum absolute atomic E-state index is 11.4. The third-order valence-electron chi connectivity index (χ3n) is 3.12. The Kier molecular flexibility index (Phi) is 9.16. The maximum Gasteiger partial charge on any atom is 0.325 e. The van der Waals surface area contributed by atoms with Crippen molar-refractivity contribution in [3.05, 3.63) is 0 Å². The fourth-order valence-corrected chi connectivity index (χ4v) is 1.39. The van der Waals surface area contributed by atoms with E-state index < -0.39 is 24.0 Å². The Hall–Kier alpha value is -1.14. The number of ether oxygens (including phenoxy) is 1. The molecular weight excluding hydrogens is 248 g/mol. The lowest BCUT2D eigenvalue weighted by molar-refractivity contribution is -0.141. The van der Waals surface area contributed by atoms with Gasteiger partial charge in [-0.05, 0) is 25.7 Å². The zero-order chi connectivity index (χ0) is 14.8. The number of nitrogens with two attached hydrogens (primary N) is 1. The Morgan fingerprint density at radius 2 is 1.84 bits per heavy atom. The largest absolute Gasteiger partial charge is 0.480 e. The summed E-state index contributed by atoms with van der Waals surface area (Å²) in [6.45, 7) is 7.19. The van der Waals surface area contributed by atoms with E-state index in [-0.39, 0.29) is 5.92 Å².